The van der Waals surface area contributed by atoms with Gasteiger partial charge in [-0.15, -0.1) is 11.3 Å². The summed E-state index contributed by atoms with van der Waals surface area (Å²) in [5, 5.41) is 11.2. The lowest BCUT2D eigenvalue weighted by Gasteiger charge is -2.22. The first-order valence-electron chi connectivity index (χ1n) is 6.73. The van der Waals surface area contributed by atoms with Crippen LogP contribution in [0, 0.1) is 0 Å². The van der Waals surface area contributed by atoms with E-state index in [1.165, 1.54) is 4.88 Å². The number of nitrogens with one attached hydrogen (secondary N) is 3. The van der Waals surface area contributed by atoms with Crippen molar-refractivity contribution in [2.24, 2.45) is 5.84 Å². The Labute approximate surface area is 121 Å². The highest BCUT2D eigenvalue weighted by atomic mass is 32.1. The van der Waals surface area contributed by atoms with Crippen LogP contribution in [0.4, 0.5) is 10.9 Å². The molecule has 0 spiro atoms. The number of H-pyrrole nitrogens is 1. The molecule has 2 aromatic heterocycles. The summed E-state index contributed by atoms with van der Waals surface area (Å²) in [4.78, 5) is 8.17. The minimum absolute atomic E-state index is 0.755. The Kier molecular flexibility index (Phi) is 3.86. The number of rotatable bonds is 5. The van der Waals surface area contributed by atoms with Crippen molar-refractivity contribution in [2.45, 2.75) is 12.8 Å². The number of aromatic nitrogens is 3. The van der Waals surface area contributed by atoms with Gasteiger partial charge in [0.15, 0.2) is 5.13 Å². The van der Waals surface area contributed by atoms with Crippen LogP contribution in [0.5, 0.6) is 0 Å². The molecule has 7 nitrogen and oxygen atoms in total. The molecule has 0 saturated carbocycles. The fourth-order valence-electron chi connectivity index (χ4n) is 2.51. The molecule has 0 fully saturated rings. The SMILES string of the molecule is CNCCCN1CCc2sc(NN)nc2-c2cn[nH]c21. The maximum absolute atomic E-state index is 5.46. The lowest BCUT2D eigenvalue weighted by atomic mass is 10.2. The third-order valence-corrected chi connectivity index (χ3v) is 4.52. The number of aromatic amines is 1. The molecule has 5 N–H and O–H groups in total. The molecule has 1 aliphatic rings. The number of nitrogens with zero attached hydrogens (tertiary/aromatic N) is 3. The Morgan fingerprint density at radius 3 is 3.25 bits per heavy atom. The predicted molar refractivity (Wildman–Crippen MR) is 82.0 cm³/mol. The number of thiazole rings is 1. The van der Waals surface area contributed by atoms with E-state index in [1.54, 1.807) is 11.3 Å². The largest absolute Gasteiger partial charge is 0.356 e. The second-order valence-corrected chi connectivity index (χ2v) is 5.85. The fourth-order valence-corrected chi connectivity index (χ4v) is 3.38. The third kappa shape index (κ3) is 2.37. The van der Waals surface area contributed by atoms with E-state index in [2.05, 4.69) is 30.8 Å². The van der Waals surface area contributed by atoms with Crippen LogP contribution in [0.25, 0.3) is 11.3 Å². The number of anilines is 2. The molecule has 3 heterocycles. The summed E-state index contributed by atoms with van der Waals surface area (Å²) in [6, 6.07) is 0. The van der Waals surface area contributed by atoms with Gasteiger partial charge in [0.1, 0.15) is 5.82 Å². The lowest BCUT2D eigenvalue weighted by molar-refractivity contribution is 0.678. The van der Waals surface area contributed by atoms with Gasteiger partial charge in [-0.2, -0.15) is 5.10 Å². The summed E-state index contributed by atoms with van der Waals surface area (Å²) < 4.78 is 0. The van der Waals surface area contributed by atoms with E-state index in [4.69, 9.17) is 5.84 Å². The Hall–Kier alpha value is -1.64. The van der Waals surface area contributed by atoms with Crippen LogP contribution in [0.1, 0.15) is 11.3 Å². The summed E-state index contributed by atoms with van der Waals surface area (Å²) in [5.41, 5.74) is 4.71. The van der Waals surface area contributed by atoms with Crippen molar-refractivity contribution < 1.29 is 0 Å². The van der Waals surface area contributed by atoms with Gasteiger partial charge in [0, 0.05) is 24.4 Å². The van der Waals surface area contributed by atoms with Gasteiger partial charge in [0.2, 0.25) is 0 Å². The van der Waals surface area contributed by atoms with Gasteiger partial charge in [-0.1, -0.05) is 0 Å². The van der Waals surface area contributed by atoms with Gasteiger partial charge >= 0.3 is 0 Å². The monoisotopic (exact) mass is 293 g/mol. The highest BCUT2D eigenvalue weighted by Gasteiger charge is 2.24. The second-order valence-electron chi connectivity index (χ2n) is 4.76. The minimum atomic E-state index is 0.755. The number of fused-ring (bicyclic) bond motifs is 3. The Balaban J connectivity index is 1.89. The smallest absolute Gasteiger partial charge is 0.197 e. The summed E-state index contributed by atoms with van der Waals surface area (Å²) in [6.07, 6.45) is 3.94. The van der Waals surface area contributed by atoms with Gasteiger partial charge in [0.05, 0.1) is 17.5 Å². The topological polar surface area (TPSA) is 94.9 Å². The molecule has 0 bridgehead atoms. The number of hydrogen-bond acceptors (Lipinski definition) is 7. The maximum atomic E-state index is 5.46. The first-order chi connectivity index (χ1) is 9.83. The Morgan fingerprint density at radius 1 is 1.55 bits per heavy atom. The molecule has 0 radical (unpaired) electrons. The Morgan fingerprint density at radius 2 is 2.45 bits per heavy atom. The quantitative estimate of drug-likeness (QED) is 0.370. The normalized spacial score (nSPS) is 13.8. The zero-order chi connectivity index (χ0) is 13.9. The summed E-state index contributed by atoms with van der Waals surface area (Å²) in [6.45, 7) is 2.99. The van der Waals surface area contributed by atoms with Crippen LogP contribution in [0.3, 0.4) is 0 Å². The second kappa shape index (κ2) is 5.78. The molecule has 20 heavy (non-hydrogen) atoms. The van der Waals surface area contributed by atoms with Crippen LogP contribution < -0.4 is 21.5 Å². The molecule has 1 aliphatic heterocycles. The van der Waals surface area contributed by atoms with Crippen LogP contribution in [-0.4, -0.2) is 41.9 Å². The van der Waals surface area contributed by atoms with Gasteiger partial charge in [-0.25, -0.2) is 10.8 Å². The number of nitrogen functional groups attached to an aromatic ring is 1. The van der Waals surface area contributed by atoms with Gasteiger partial charge in [0.25, 0.3) is 0 Å². The van der Waals surface area contributed by atoms with Crippen LogP contribution in [0.15, 0.2) is 6.20 Å². The van der Waals surface area contributed by atoms with Crippen LogP contribution >= 0.6 is 11.3 Å². The maximum Gasteiger partial charge on any atom is 0.197 e. The molecule has 0 amide bonds. The van der Waals surface area contributed by atoms with Crippen molar-refractivity contribution in [1.82, 2.24) is 20.5 Å². The molecule has 2 aromatic rings. The first kappa shape index (κ1) is 13.3. The van der Waals surface area contributed by atoms with Crippen molar-refractivity contribution in [3.05, 3.63) is 11.1 Å². The molecule has 0 saturated heterocycles. The summed E-state index contributed by atoms with van der Waals surface area (Å²) >= 11 is 1.62. The number of hydrazine groups is 1. The third-order valence-electron chi connectivity index (χ3n) is 3.47. The van der Waals surface area contributed by atoms with E-state index < -0.39 is 0 Å². The zero-order valence-corrected chi connectivity index (χ0v) is 12.3. The van der Waals surface area contributed by atoms with Crippen LogP contribution in [0.2, 0.25) is 0 Å². The van der Waals surface area contributed by atoms with E-state index in [0.717, 1.165) is 54.7 Å². The van der Waals surface area contributed by atoms with E-state index in [9.17, 15) is 0 Å². The van der Waals surface area contributed by atoms with Crippen molar-refractivity contribution in [3.63, 3.8) is 0 Å². The standard InChI is InChI=1S/C12H19N7S/c1-14-4-2-5-19-6-3-9-10(16-12(17-13)20-9)8-7-15-18-11(8)19/h7,14H,2-6,13H2,1H3,(H,15,18)(H,16,17). The number of hydrogen-bond donors (Lipinski definition) is 4. The minimum Gasteiger partial charge on any atom is -0.356 e. The Bertz CT molecular complexity index is 576. The number of nitrogens with two attached hydrogens (primary N) is 1. The molecule has 0 aliphatic carbocycles. The first-order valence-corrected chi connectivity index (χ1v) is 7.54. The van der Waals surface area contributed by atoms with Gasteiger partial charge < -0.3 is 10.2 Å². The van der Waals surface area contributed by atoms with E-state index in [-0.39, 0.29) is 0 Å². The molecule has 8 heteroatoms. The van der Waals surface area contributed by atoms with Crippen molar-refractivity contribution in [1.29, 1.82) is 0 Å². The molecule has 3 rings (SSSR count). The van der Waals surface area contributed by atoms with Crippen molar-refractivity contribution in [3.8, 4) is 11.3 Å². The molecular weight excluding hydrogens is 274 g/mol. The molecular formula is C12H19N7S. The lowest BCUT2D eigenvalue weighted by Crippen LogP contribution is -2.28. The molecule has 0 unspecified atom stereocenters. The van der Waals surface area contributed by atoms with E-state index in [1.807, 2.05) is 13.2 Å². The van der Waals surface area contributed by atoms with E-state index in [0.29, 0.717) is 0 Å². The average molecular weight is 293 g/mol. The van der Waals surface area contributed by atoms with E-state index >= 15 is 0 Å². The summed E-state index contributed by atoms with van der Waals surface area (Å²) in [5.74, 6) is 6.53. The highest BCUT2D eigenvalue weighted by Crippen LogP contribution is 2.38. The highest BCUT2D eigenvalue weighted by molar-refractivity contribution is 7.16. The van der Waals surface area contributed by atoms with Gasteiger partial charge in [-0.05, 0) is 20.0 Å². The molecule has 108 valence electrons. The summed E-state index contributed by atoms with van der Waals surface area (Å²) in [7, 11) is 1.98. The predicted octanol–water partition coefficient (Wildman–Crippen LogP) is 0.791. The fraction of sp³-hybridized carbons (Fsp3) is 0.500. The van der Waals surface area contributed by atoms with Gasteiger partial charge in [-0.3, -0.25) is 10.5 Å². The van der Waals surface area contributed by atoms with Crippen molar-refractivity contribution >= 4 is 22.3 Å². The van der Waals surface area contributed by atoms with Crippen LogP contribution in [-0.2, 0) is 6.42 Å². The van der Waals surface area contributed by atoms with Crippen molar-refractivity contribution in [2.75, 3.05) is 37.0 Å². The molecule has 0 aromatic carbocycles. The zero-order valence-electron chi connectivity index (χ0n) is 11.4. The average Bonchev–Trinajstić information content (AvgIpc) is 3.06. The molecule has 0 atom stereocenters.